The molecule has 1 aliphatic rings. The largest absolute Gasteiger partial charge is 0.350 e. The second-order valence-corrected chi connectivity index (χ2v) is 4.82. The van der Waals surface area contributed by atoms with E-state index in [4.69, 9.17) is 0 Å². The summed E-state index contributed by atoms with van der Waals surface area (Å²) < 4.78 is 0. The van der Waals surface area contributed by atoms with E-state index in [0.717, 1.165) is 37.3 Å². The van der Waals surface area contributed by atoms with Crippen LogP contribution in [0.1, 0.15) is 30.7 Å². The molecule has 0 saturated carbocycles. The monoisotopic (exact) mass is 248 g/mol. The minimum absolute atomic E-state index is 0.115. The van der Waals surface area contributed by atoms with E-state index in [0.29, 0.717) is 18.9 Å². The number of piperidine rings is 1. The third-order valence-corrected chi connectivity index (χ3v) is 3.23. The number of amides is 1. The highest BCUT2D eigenvalue weighted by Crippen LogP contribution is 2.15. The lowest BCUT2D eigenvalue weighted by Crippen LogP contribution is -2.32. The van der Waals surface area contributed by atoms with Gasteiger partial charge in [-0.15, -0.1) is 0 Å². The van der Waals surface area contributed by atoms with Gasteiger partial charge in [0.1, 0.15) is 0 Å². The van der Waals surface area contributed by atoms with Gasteiger partial charge >= 0.3 is 0 Å². The molecule has 0 bridgehead atoms. The Labute approximate surface area is 107 Å². The van der Waals surface area contributed by atoms with Crippen LogP contribution >= 0.6 is 0 Å². The normalized spacial score (nSPS) is 16.5. The van der Waals surface area contributed by atoms with Crippen molar-refractivity contribution in [2.75, 3.05) is 13.1 Å². The Morgan fingerprint density at radius 1 is 1.39 bits per heavy atom. The topological polar surface area (TPSA) is 66.9 Å². The maximum atomic E-state index is 11.8. The molecule has 1 saturated heterocycles. The molecule has 5 nitrogen and oxygen atoms in total. The maximum absolute atomic E-state index is 11.8. The van der Waals surface area contributed by atoms with Crippen molar-refractivity contribution >= 4 is 5.91 Å². The van der Waals surface area contributed by atoms with Crippen LogP contribution in [0.15, 0.2) is 12.4 Å². The van der Waals surface area contributed by atoms with Crippen molar-refractivity contribution in [2.24, 2.45) is 5.92 Å². The predicted octanol–water partition coefficient (Wildman–Crippen LogP) is 0.791. The van der Waals surface area contributed by atoms with E-state index in [1.807, 2.05) is 6.92 Å². The fourth-order valence-electron chi connectivity index (χ4n) is 2.12. The summed E-state index contributed by atoms with van der Waals surface area (Å²) in [6.07, 6.45) is 6.24. The molecule has 0 aromatic carbocycles. The minimum Gasteiger partial charge on any atom is -0.350 e. The molecule has 0 atom stereocenters. The van der Waals surface area contributed by atoms with Gasteiger partial charge in [0.25, 0.3) is 0 Å². The molecule has 98 valence electrons. The number of aryl methyl sites for hydroxylation is 1. The third kappa shape index (κ3) is 4.07. The van der Waals surface area contributed by atoms with Gasteiger partial charge in [-0.25, -0.2) is 0 Å². The SMILES string of the molecule is Cc1cnc(CNC(=O)CC2CCNCC2)cn1. The fraction of sp³-hybridized carbons (Fsp3) is 0.615. The molecule has 1 amide bonds. The lowest BCUT2D eigenvalue weighted by molar-refractivity contribution is -0.122. The van der Waals surface area contributed by atoms with Crippen molar-refractivity contribution < 1.29 is 4.79 Å². The van der Waals surface area contributed by atoms with Gasteiger partial charge in [-0.1, -0.05) is 0 Å². The highest BCUT2D eigenvalue weighted by Gasteiger charge is 2.16. The fourth-order valence-corrected chi connectivity index (χ4v) is 2.12. The van der Waals surface area contributed by atoms with Crippen molar-refractivity contribution in [3.05, 3.63) is 23.8 Å². The highest BCUT2D eigenvalue weighted by molar-refractivity contribution is 5.76. The molecule has 2 rings (SSSR count). The highest BCUT2D eigenvalue weighted by atomic mass is 16.1. The average Bonchev–Trinajstić information content (AvgIpc) is 2.39. The van der Waals surface area contributed by atoms with Crippen LogP contribution in [-0.2, 0) is 11.3 Å². The molecule has 1 aromatic rings. The molecule has 0 radical (unpaired) electrons. The molecule has 0 unspecified atom stereocenters. The number of nitrogens with zero attached hydrogens (tertiary/aromatic N) is 2. The first-order chi connectivity index (χ1) is 8.74. The predicted molar refractivity (Wildman–Crippen MR) is 68.8 cm³/mol. The Kier molecular flexibility index (Phi) is 4.64. The Morgan fingerprint density at radius 3 is 2.83 bits per heavy atom. The molecule has 0 spiro atoms. The van der Waals surface area contributed by atoms with Crippen LogP contribution in [0.2, 0.25) is 0 Å². The minimum atomic E-state index is 0.115. The second-order valence-electron chi connectivity index (χ2n) is 4.82. The molecule has 2 N–H and O–H groups in total. The zero-order valence-corrected chi connectivity index (χ0v) is 10.8. The van der Waals surface area contributed by atoms with Crippen molar-refractivity contribution in [3.63, 3.8) is 0 Å². The molecule has 5 heteroatoms. The van der Waals surface area contributed by atoms with Gasteiger partial charge in [0.15, 0.2) is 0 Å². The smallest absolute Gasteiger partial charge is 0.220 e. The van der Waals surface area contributed by atoms with Crippen LogP contribution < -0.4 is 10.6 Å². The molecule has 2 heterocycles. The zero-order valence-electron chi connectivity index (χ0n) is 10.8. The number of carbonyl (C=O) groups excluding carboxylic acids is 1. The number of carbonyl (C=O) groups is 1. The summed E-state index contributed by atoms with van der Waals surface area (Å²) >= 11 is 0. The molecule has 1 aromatic heterocycles. The Balaban J connectivity index is 1.72. The van der Waals surface area contributed by atoms with E-state index in [2.05, 4.69) is 20.6 Å². The standard InChI is InChI=1S/C13H20N4O/c1-10-7-16-12(8-15-10)9-17-13(18)6-11-2-4-14-5-3-11/h7-8,11,14H,2-6,9H2,1H3,(H,17,18). The maximum Gasteiger partial charge on any atom is 0.220 e. The number of hydrogen-bond donors (Lipinski definition) is 2. The first kappa shape index (κ1) is 13.0. The van der Waals surface area contributed by atoms with E-state index >= 15 is 0 Å². The van der Waals surface area contributed by atoms with E-state index in [9.17, 15) is 4.79 Å². The lowest BCUT2D eigenvalue weighted by Gasteiger charge is -2.21. The third-order valence-electron chi connectivity index (χ3n) is 3.23. The summed E-state index contributed by atoms with van der Waals surface area (Å²) in [4.78, 5) is 20.1. The van der Waals surface area contributed by atoms with Gasteiger partial charge in [0.05, 0.1) is 24.1 Å². The summed E-state index contributed by atoms with van der Waals surface area (Å²) in [6, 6.07) is 0. The Morgan fingerprint density at radius 2 is 2.17 bits per heavy atom. The molecule has 18 heavy (non-hydrogen) atoms. The number of rotatable bonds is 4. The van der Waals surface area contributed by atoms with Crippen LogP contribution in [-0.4, -0.2) is 29.0 Å². The molecular weight excluding hydrogens is 228 g/mol. The van der Waals surface area contributed by atoms with Crippen LogP contribution in [0.3, 0.4) is 0 Å². The van der Waals surface area contributed by atoms with Gasteiger partial charge in [-0.2, -0.15) is 0 Å². The molecular formula is C13H20N4O. The Hall–Kier alpha value is -1.49. The molecule has 0 aliphatic carbocycles. The first-order valence-electron chi connectivity index (χ1n) is 6.49. The summed E-state index contributed by atoms with van der Waals surface area (Å²) in [5, 5.41) is 6.20. The van der Waals surface area contributed by atoms with Crippen LogP contribution in [0.25, 0.3) is 0 Å². The molecule has 1 aliphatic heterocycles. The number of nitrogens with one attached hydrogen (secondary N) is 2. The van der Waals surface area contributed by atoms with Gasteiger partial charge < -0.3 is 10.6 Å². The van der Waals surface area contributed by atoms with Crippen molar-refractivity contribution in [1.82, 2.24) is 20.6 Å². The van der Waals surface area contributed by atoms with E-state index in [1.54, 1.807) is 12.4 Å². The Bertz CT molecular complexity index is 384. The summed E-state index contributed by atoms with van der Waals surface area (Å²) in [6.45, 7) is 4.42. The second kappa shape index (κ2) is 6.44. The zero-order chi connectivity index (χ0) is 12.8. The van der Waals surface area contributed by atoms with Crippen molar-refractivity contribution in [3.8, 4) is 0 Å². The van der Waals surface area contributed by atoms with E-state index in [-0.39, 0.29) is 5.91 Å². The van der Waals surface area contributed by atoms with E-state index < -0.39 is 0 Å². The van der Waals surface area contributed by atoms with Gasteiger partial charge in [0.2, 0.25) is 5.91 Å². The summed E-state index contributed by atoms with van der Waals surface area (Å²) in [7, 11) is 0. The first-order valence-corrected chi connectivity index (χ1v) is 6.49. The lowest BCUT2D eigenvalue weighted by atomic mass is 9.94. The number of aromatic nitrogens is 2. The quantitative estimate of drug-likeness (QED) is 0.826. The van der Waals surface area contributed by atoms with Crippen LogP contribution in [0.5, 0.6) is 0 Å². The van der Waals surface area contributed by atoms with Crippen molar-refractivity contribution in [2.45, 2.75) is 32.7 Å². The summed E-state index contributed by atoms with van der Waals surface area (Å²) in [5.74, 6) is 0.639. The molecule has 1 fully saturated rings. The van der Waals surface area contributed by atoms with E-state index in [1.165, 1.54) is 0 Å². The summed E-state index contributed by atoms with van der Waals surface area (Å²) in [5.41, 5.74) is 1.69. The van der Waals surface area contributed by atoms with Gasteiger partial charge in [-0.3, -0.25) is 14.8 Å². The van der Waals surface area contributed by atoms with Crippen LogP contribution in [0, 0.1) is 12.8 Å². The van der Waals surface area contributed by atoms with Crippen molar-refractivity contribution in [1.29, 1.82) is 0 Å². The average molecular weight is 248 g/mol. The van der Waals surface area contributed by atoms with Crippen LogP contribution in [0.4, 0.5) is 0 Å². The number of hydrogen-bond acceptors (Lipinski definition) is 4. The van der Waals surface area contributed by atoms with Gasteiger partial charge in [0, 0.05) is 12.6 Å². The van der Waals surface area contributed by atoms with Gasteiger partial charge in [-0.05, 0) is 38.8 Å².